The number of benzene rings is 2. The molecule has 0 unspecified atom stereocenters. The molecule has 3 aromatic rings. The van der Waals surface area contributed by atoms with Gasteiger partial charge in [0.1, 0.15) is 23.5 Å². The van der Waals surface area contributed by atoms with Gasteiger partial charge in [-0.3, -0.25) is 9.69 Å². The molecular weight excluding hydrogens is 406 g/mol. The second-order valence-corrected chi connectivity index (χ2v) is 9.52. The number of fused-ring (bicyclic) bond motifs is 3. The molecule has 5 rings (SSSR count). The quantitative estimate of drug-likeness (QED) is 0.598. The van der Waals surface area contributed by atoms with Gasteiger partial charge in [-0.2, -0.15) is 0 Å². The van der Waals surface area contributed by atoms with Crippen molar-refractivity contribution in [1.82, 2.24) is 10.2 Å². The van der Waals surface area contributed by atoms with Crippen molar-refractivity contribution in [2.75, 3.05) is 11.9 Å². The highest BCUT2D eigenvalue weighted by Crippen LogP contribution is 2.41. The Bertz CT molecular complexity index is 1090. The Hall–Kier alpha value is -2.83. The average molecular weight is 434 g/mol. The Morgan fingerprint density at radius 2 is 1.97 bits per heavy atom. The molecule has 0 fully saturated rings. The molecule has 6 heteroatoms. The highest BCUT2D eigenvalue weighted by atomic mass is 32.1. The third-order valence-corrected chi connectivity index (χ3v) is 7.18. The van der Waals surface area contributed by atoms with E-state index in [9.17, 15) is 4.79 Å². The summed E-state index contributed by atoms with van der Waals surface area (Å²) < 4.78 is 5.98. The maximum absolute atomic E-state index is 13.0. The lowest BCUT2D eigenvalue weighted by molar-refractivity contribution is 0.0934. The van der Waals surface area contributed by atoms with Gasteiger partial charge in [-0.1, -0.05) is 42.5 Å². The van der Waals surface area contributed by atoms with Crippen LogP contribution in [0.3, 0.4) is 0 Å². The molecule has 2 N–H and O–H groups in total. The lowest BCUT2D eigenvalue weighted by Gasteiger charge is -2.31. The second-order valence-electron chi connectivity index (χ2n) is 8.42. The van der Waals surface area contributed by atoms with Gasteiger partial charge >= 0.3 is 0 Å². The van der Waals surface area contributed by atoms with Gasteiger partial charge in [-0.15, -0.1) is 11.3 Å². The van der Waals surface area contributed by atoms with Crippen molar-refractivity contribution in [2.24, 2.45) is 0 Å². The third kappa shape index (κ3) is 4.05. The topological polar surface area (TPSA) is 53.6 Å². The molecule has 160 valence electrons. The summed E-state index contributed by atoms with van der Waals surface area (Å²) in [7, 11) is 0. The lowest BCUT2D eigenvalue weighted by atomic mass is 9.99. The maximum atomic E-state index is 13.0. The molecule has 0 saturated heterocycles. The van der Waals surface area contributed by atoms with E-state index >= 15 is 0 Å². The largest absolute Gasteiger partial charge is 0.489 e. The zero-order valence-electron chi connectivity index (χ0n) is 17.9. The predicted octanol–water partition coefficient (Wildman–Crippen LogP) is 4.95. The Balaban J connectivity index is 1.34. The molecular formula is C25H27N3O2S. The van der Waals surface area contributed by atoms with Gasteiger partial charge in [0.15, 0.2) is 0 Å². The normalized spacial score (nSPS) is 18.2. The van der Waals surface area contributed by atoms with Crippen LogP contribution in [0.25, 0.3) is 0 Å². The second kappa shape index (κ2) is 8.36. The van der Waals surface area contributed by atoms with Crippen LogP contribution in [0.5, 0.6) is 5.75 Å². The van der Waals surface area contributed by atoms with Gasteiger partial charge in [0.2, 0.25) is 0 Å². The van der Waals surface area contributed by atoms with Gasteiger partial charge in [0, 0.05) is 24.0 Å². The van der Waals surface area contributed by atoms with E-state index in [1.807, 2.05) is 54.6 Å². The molecule has 3 heterocycles. The van der Waals surface area contributed by atoms with Crippen LogP contribution >= 0.6 is 11.3 Å². The van der Waals surface area contributed by atoms with E-state index in [1.54, 1.807) is 11.3 Å². The summed E-state index contributed by atoms with van der Waals surface area (Å²) in [6, 6.07) is 18.6. The zero-order chi connectivity index (χ0) is 21.4. The van der Waals surface area contributed by atoms with Gasteiger partial charge in [-0.05, 0) is 49.1 Å². The number of nitrogens with zero attached hydrogens (tertiary/aromatic N) is 1. The summed E-state index contributed by atoms with van der Waals surface area (Å²) in [6.45, 7) is 6.90. The molecule has 0 bridgehead atoms. The first-order valence-electron chi connectivity index (χ1n) is 10.8. The molecule has 2 aliphatic heterocycles. The molecule has 5 nitrogen and oxygen atoms in total. The molecule has 2 aromatic carbocycles. The van der Waals surface area contributed by atoms with E-state index in [0.717, 1.165) is 47.0 Å². The number of carbonyl (C=O) groups excluding carboxylic acids is 1. The van der Waals surface area contributed by atoms with Gasteiger partial charge in [0.05, 0.1) is 5.56 Å². The van der Waals surface area contributed by atoms with Crippen LogP contribution in [0.4, 0.5) is 5.00 Å². The van der Waals surface area contributed by atoms with Crippen molar-refractivity contribution in [3.63, 3.8) is 0 Å². The Kier molecular flexibility index (Phi) is 5.42. The summed E-state index contributed by atoms with van der Waals surface area (Å²) in [4.78, 5) is 16.8. The molecule has 1 aromatic heterocycles. The smallest absolute Gasteiger partial charge is 0.256 e. The van der Waals surface area contributed by atoms with E-state index in [1.165, 1.54) is 10.4 Å². The summed E-state index contributed by atoms with van der Waals surface area (Å²) in [6.07, 6.45) is 0.670. The first-order chi connectivity index (χ1) is 15.1. The van der Waals surface area contributed by atoms with Crippen LogP contribution in [0.15, 0.2) is 54.6 Å². The number of amides is 1. The minimum absolute atomic E-state index is 0.0184. The fraction of sp³-hybridized carbons (Fsp3) is 0.320. The van der Waals surface area contributed by atoms with Gasteiger partial charge < -0.3 is 15.4 Å². The van der Waals surface area contributed by atoms with E-state index in [2.05, 4.69) is 29.4 Å². The highest BCUT2D eigenvalue weighted by Gasteiger charge is 2.33. The van der Waals surface area contributed by atoms with Crippen molar-refractivity contribution < 1.29 is 9.53 Å². The number of hydrogen-bond acceptors (Lipinski definition) is 5. The molecule has 0 radical (unpaired) electrons. The minimum atomic E-state index is -0.262. The first-order valence-corrected chi connectivity index (χ1v) is 11.6. The average Bonchev–Trinajstić information content (AvgIpc) is 3.16. The van der Waals surface area contributed by atoms with Crippen LogP contribution in [-0.4, -0.2) is 23.4 Å². The Morgan fingerprint density at radius 1 is 1.13 bits per heavy atom. The fourth-order valence-electron chi connectivity index (χ4n) is 4.27. The third-order valence-electron chi connectivity index (χ3n) is 6.03. The number of nitrogens with one attached hydrogen (secondary N) is 2. The molecule has 1 amide bonds. The van der Waals surface area contributed by atoms with Crippen LogP contribution in [0, 0.1) is 0 Å². The van der Waals surface area contributed by atoms with Crippen LogP contribution < -0.4 is 15.4 Å². The zero-order valence-corrected chi connectivity index (χ0v) is 18.7. The van der Waals surface area contributed by atoms with Crippen molar-refractivity contribution in [2.45, 2.75) is 45.6 Å². The minimum Gasteiger partial charge on any atom is -0.489 e. The molecule has 1 atom stereocenters. The fourth-order valence-corrected chi connectivity index (χ4v) is 5.57. The highest BCUT2D eigenvalue weighted by molar-refractivity contribution is 7.16. The predicted molar refractivity (Wildman–Crippen MR) is 125 cm³/mol. The van der Waals surface area contributed by atoms with E-state index in [0.29, 0.717) is 12.6 Å². The molecule has 0 aliphatic carbocycles. The van der Waals surface area contributed by atoms with Crippen LogP contribution in [-0.2, 0) is 19.6 Å². The SMILES string of the molecule is CC(C)N1CCc2c(sc3c2C(=O)N[C@H](c2cccc(OCc4ccccc4)c2)N3)C1. The summed E-state index contributed by atoms with van der Waals surface area (Å²) >= 11 is 1.73. The summed E-state index contributed by atoms with van der Waals surface area (Å²) in [5, 5.41) is 7.69. The monoisotopic (exact) mass is 433 g/mol. The molecule has 0 saturated carbocycles. The van der Waals surface area contributed by atoms with Crippen molar-refractivity contribution >= 4 is 22.2 Å². The van der Waals surface area contributed by atoms with E-state index in [4.69, 9.17) is 4.74 Å². The number of ether oxygens (including phenoxy) is 1. The molecule has 31 heavy (non-hydrogen) atoms. The number of thiophene rings is 1. The van der Waals surface area contributed by atoms with Crippen molar-refractivity contribution in [1.29, 1.82) is 0 Å². The number of carbonyl (C=O) groups is 1. The summed E-state index contributed by atoms with van der Waals surface area (Å²) in [5.74, 6) is 0.811. The first kappa shape index (κ1) is 20.1. The van der Waals surface area contributed by atoms with Gasteiger partial charge in [0.25, 0.3) is 5.91 Å². The summed E-state index contributed by atoms with van der Waals surface area (Å²) in [5.41, 5.74) is 4.18. The van der Waals surface area contributed by atoms with E-state index < -0.39 is 0 Å². The Labute approximate surface area is 187 Å². The Morgan fingerprint density at radius 3 is 2.77 bits per heavy atom. The van der Waals surface area contributed by atoms with Crippen molar-refractivity contribution in [3.05, 3.63) is 81.7 Å². The van der Waals surface area contributed by atoms with Crippen LogP contribution in [0.2, 0.25) is 0 Å². The van der Waals surface area contributed by atoms with E-state index in [-0.39, 0.29) is 12.1 Å². The maximum Gasteiger partial charge on any atom is 0.256 e. The number of anilines is 1. The van der Waals surface area contributed by atoms with Crippen molar-refractivity contribution in [3.8, 4) is 5.75 Å². The molecule has 2 aliphatic rings. The van der Waals surface area contributed by atoms with Gasteiger partial charge in [-0.25, -0.2) is 0 Å². The lowest BCUT2D eigenvalue weighted by Crippen LogP contribution is -2.39. The van der Waals surface area contributed by atoms with Crippen LogP contribution in [0.1, 0.15) is 51.9 Å². The molecule has 0 spiro atoms. The standard InChI is InChI=1S/C25H27N3O2S/c1-16(2)28-12-11-20-21(14-28)31-25-22(20)24(29)26-23(27-25)18-9-6-10-19(13-18)30-15-17-7-4-3-5-8-17/h3-10,13,16,23,27H,11-12,14-15H2,1-2H3,(H,26,29)/t23-/m0/s1. The number of hydrogen-bond donors (Lipinski definition) is 2. The number of rotatable bonds is 5.